The van der Waals surface area contributed by atoms with Gasteiger partial charge in [0.05, 0.1) is 0 Å². The number of hydrogen-bond donors (Lipinski definition) is 2. The number of benzene rings is 1. The highest BCUT2D eigenvalue weighted by atomic mass is 16.2. The van der Waals surface area contributed by atoms with Gasteiger partial charge in [-0.3, -0.25) is 9.59 Å². The van der Waals surface area contributed by atoms with Crippen molar-refractivity contribution >= 4 is 11.8 Å². The highest BCUT2D eigenvalue weighted by Crippen LogP contribution is 2.14. The molecule has 0 bridgehead atoms. The van der Waals surface area contributed by atoms with Crippen molar-refractivity contribution in [3.63, 3.8) is 0 Å². The molecular formula is C17H26N2O2. The van der Waals surface area contributed by atoms with Gasteiger partial charge in [-0.1, -0.05) is 46.8 Å². The molecule has 4 heteroatoms. The molecule has 0 saturated heterocycles. The Hall–Kier alpha value is -1.84. The van der Waals surface area contributed by atoms with Crippen LogP contribution in [0.3, 0.4) is 0 Å². The van der Waals surface area contributed by atoms with Crippen LogP contribution in [-0.4, -0.2) is 24.9 Å². The summed E-state index contributed by atoms with van der Waals surface area (Å²) in [5, 5.41) is 5.60. The van der Waals surface area contributed by atoms with Crippen LogP contribution < -0.4 is 10.6 Å². The minimum absolute atomic E-state index is 0.0157. The van der Waals surface area contributed by atoms with Crippen molar-refractivity contribution in [2.75, 3.05) is 13.1 Å². The molecule has 0 saturated carbocycles. The van der Waals surface area contributed by atoms with Crippen molar-refractivity contribution in [2.24, 2.45) is 5.41 Å². The lowest BCUT2D eigenvalue weighted by atomic mass is 9.96. The van der Waals surface area contributed by atoms with Gasteiger partial charge in [-0.15, -0.1) is 0 Å². The van der Waals surface area contributed by atoms with Gasteiger partial charge in [0.1, 0.15) is 0 Å². The number of nitrogens with one attached hydrogen (secondary N) is 2. The summed E-state index contributed by atoms with van der Waals surface area (Å²) in [4.78, 5) is 23.6. The number of carbonyl (C=O) groups is 2. The van der Waals surface area contributed by atoms with Crippen molar-refractivity contribution in [2.45, 2.75) is 40.5 Å². The molecule has 0 fully saturated rings. The molecule has 1 rings (SSSR count). The number of rotatable bonds is 5. The Bertz CT molecular complexity index is 485. The molecule has 0 unspecified atom stereocenters. The van der Waals surface area contributed by atoms with Crippen LogP contribution >= 0.6 is 0 Å². The molecule has 1 aromatic rings. The normalized spacial score (nSPS) is 11.3. The average Bonchev–Trinajstić information content (AvgIpc) is 2.42. The van der Waals surface area contributed by atoms with Crippen molar-refractivity contribution in [3.05, 3.63) is 35.4 Å². The van der Waals surface area contributed by atoms with Crippen LogP contribution in [-0.2, 0) is 4.79 Å². The lowest BCUT2D eigenvalue weighted by molar-refractivity contribution is -0.128. The molecule has 0 aliphatic heterocycles. The van der Waals surface area contributed by atoms with E-state index in [9.17, 15) is 9.59 Å². The van der Waals surface area contributed by atoms with Gasteiger partial charge in [-0.25, -0.2) is 0 Å². The fraction of sp³-hybridized carbons (Fsp3) is 0.529. The van der Waals surface area contributed by atoms with E-state index in [1.165, 1.54) is 5.56 Å². The highest BCUT2D eigenvalue weighted by Gasteiger charge is 2.20. The Balaban J connectivity index is 2.39. The van der Waals surface area contributed by atoms with E-state index in [-0.39, 0.29) is 11.8 Å². The summed E-state index contributed by atoms with van der Waals surface area (Å²) in [5.74, 6) is 0.322. The molecule has 0 radical (unpaired) electrons. The van der Waals surface area contributed by atoms with Gasteiger partial charge in [0.25, 0.3) is 5.91 Å². The van der Waals surface area contributed by atoms with Crippen LogP contribution in [0.4, 0.5) is 0 Å². The molecule has 21 heavy (non-hydrogen) atoms. The van der Waals surface area contributed by atoms with Crippen molar-refractivity contribution in [1.29, 1.82) is 0 Å². The van der Waals surface area contributed by atoms with Crippen LogP contribution in [0.15, 0.2) is 24.3 Å². The molecule has 0 aliphatic rings. The Labute approximate surface area is 127 Å². The summed E-state index contributed by atoms with van der Waals surface area (Å²) in [5.41, 5.74) is 1.45. The van der Waals surface area contributed by atoms with Crippen molar-refractivity contribution in [3.8, 4) is 0 Å². The summed E-state index contributed by atoms with van der Waals surface area (Å²) in [7, 11) is 0. The third kappa shape index (κ3) is 5.58. The van der Waals surface area contributed by atoms with Crippen LogP contribution in [0.2, 0.25) is 0 Å². The standard InChI is InChI=1S/C17H26N2O2/c1-12(2)13-6-8-14(9-7-13)15(20)18-10-11-19-16(21)17(3,4)5/h6-9,12H,10-11H2,1-5H3,(H,18,20)(H,19,21). The summed E-state index contributed by atoms with van der Waals surface area (Å²) in [6, 6.07) is 7.61. The van der Waals surface area contributed by atoms with E-state index >= 15 is 0 Å². The van der Waals surface area contributed by atoms with Gasteiger partial charge < -0.3 is 10.6 Å². The Morgan fingerprint density at radius 1 is 1.00 bits per heavy atom. The number of carbonyl (C=O) groups excluding carboxylic acids is 2. The Morgan fingerprint density at radius 3 is 2.00 bits per heavy atom. The summed E-state index contributed by atoms with van der Waals surface area (Å²) in [6.45, 7) is 10.7. The van der Waals surface area contributed by atoms with Crippen molar-refractivity contribution < 1.29 is 9.59 Å². The van der Waals surface area contributed by atoms with E-state index < -0.39 is 5.41 Å². The van der Waals surface area contributed by atoms with Crippen LogP contribution in [0.25, 0.3) is 0 Å². The smallest absolute Gasteiger partial charge is 0.251 e. The molecule has 116 valence electrons. The Kier molecular flexibility index (Phi) is 5.94. The fourth-order valence-corrected chi connectivity index (χ4v) is 1.74. The molecule has 2 N–H and O–H groups in total. The Morgan fingerprint density at radius 2 is 1.52 bits per heavy atom. The lowest BCUT2D eigenvalue weighted by Crippen LogP contribution is -2.39. The SMILES string of the molecule is CC(C)c1ccc(C(=O)NCCNC(=O)C(C)(C)C)cc1. The van der Waals surface area contributed by atoms with Gasteiger partial charge in [-0.05, 0) is 23.6 Å². The van der Waals surface area contributed by atoms with Gasteiger partial charge in [0, 0.05) is 24.1 Å². The van der Waals surface area contributed by atoms with E-state index in [0.717, 1.165) is 0 Å². The molecule has 0 heterocycles. The predicted molar refractivity (Wildman–Crippen MR) is 85.3 cm³/mol. The average molecular weight is 290 g/mol. The first-order valence-electron chi connectivity index (χ1n) is 7.38. The van der Waals surface area contributed by atoms with Gasteiger partial charge in [0.15, 0.2) is 0 Å². The van der Waals surface area contributed by atoms with E-state index in [4.69, 9.17) is 0 Å². The summed E-state index contributed by atoms with van der Waals surface area (Å²) >= 11 is 0. The molecule has 4 nitrogen and oxygen atoms in total. The molecule has 1 aromatic carbocycles. The molecule has 0 aromatic heterocycles. The van der Waals surface area contributed by atoms with Gasteiger partial charge in [0.2, 0.25) is 5.91 Å². The number of amides is 2. The summed E-state index contributed by atoms with van der Waals surface area (Å²) < 4.78 is 0. The second-order valence-corrected chi connectivity index (χ2v) is 6.54. The lowest BCUT2D eigenvalue weighted by Gasteiger charge is -2.17. The first-order chi connectivity index (χ1) is 9.71. The van der Waals surface area contributed by atoms with E-state index in [1.54, 1.807) is 0 Å². The monoisotopic (exact) mass is 290 g/mol. The number of hydrogen-bond acceptors (Lipinski definition) is 2. The zero-order valence-corrected chi connectivity index (χ0v) is 13.6. The van der Waals surface area contributed by atoms with Gasteiger partial charge in [-0.2, -0.15) is 0 Å². The second-order valence-electron chi connectivity index (χ2n) is 6.54. The van der Waals surface area contributed by atoms with Crippen LogP contribution in [0.5, 0.6) is 0 Å². The minimum atomic E-state index is -0.406. The van der Waals surface area contributed by atoms with Crippen LogP contribution in [0.1, 0.15) is 56.5 Å². The van der Waals surface area contributed by atoms with E-state index in [0.29, 0.717) is 24.6 Å². The predicted octanol–water partition coefficient (Wildman–Crippen LogP) is 2.70. The van der Waals surface area contributed by atoms with Gasteiger partial charge >= 0.3 is 0 Å². The fourth-order valence-electron chi connectivity index (χ4n) is 1.74. The van der Waals surface area contributed by atoms with Crippen molar-refractivity contribution in [1.82, 2.24) is 10.6 Å². The second kappa shape index (κ2) is 7.25. The highest BCUT2D eigenvalue weighted by molar-refractivity contribution is 5.94. The molecular weight excluding hydrogens is 264 g/mol. The maximum Gasteiger partial charge on any atom is 0.251 e. The minimum Gasteiger partial charge on any atom is -0.354 e. The third-order valence-corrected chi connectivity index (χ3v) is 3.22. The third-order valence-electron chi connectivity index (χ3n) is 3.22. The molecule has 0 spiro atoms. The topological polar surface area (TPSA) is 58.2 Å². The zero-order chi connectivity index (χ0) is 16.0. The molecule has 0 aliphatic carbocycles. The maximum absolute atomic E-state index is 11.9. The largest absolute Gasteiger partial charge is 0.354 e. The summed E-state index contributed by atoms with van der Waals surface area (Å²) in [6.07, 6.45) is 0. The quantitative estimate of drug-likeness (QED) is 0.819. The first-order valence-corrected chi connectivity index (χ1v) is 7.38. The first kappa shape index (κ1) is 17.2. The van der Waals surface area contributed by atoms with E-state index in [2.05, 4.69) is 24.5 Å². The molecule has 2 amide bonds. The van der Waals surface area contributed by atoms with Crippen LogP contribution in [0, 0.1) is 5.41 Å². The zero-order valence-electron chi connectivity index (χ0n) is 13.6. The maximum atomic E-state index is 11.9. The molecule has 0 atom stereocenters. The van der Waals surface area contributed by atoms with E-state index in [1.807, 2.05) is 45.0 Å².